The van der Waals surface area contributed by atoms with Crippen LogP contribution in [0.4, 0.5) is 0 Å². The largest absolute Gasteiger partial charge is 0.298 e. The number of hydrogen-bond donors (Lipinski definition) is 0. The molecule has 0 radical (unpaired) electrons. The van der Waals surface area contributed by atoms with Crippen LogP contribution in [0.5, 0.6) is 0 Å². The van der Waals surface area contributed by atoms with Gasteiger partial charge in [-0.25, -0.2) is 0 Å². The fourth-order valence-electron chi connectivity index (χ4n) is 1.32. The summed E-state index contributed by atoms with van der Waals surface area (Å²) in [5.41, 5.74) is 2.34. The van der Waals surface area contributed by atoms with Gasteiger partial charge < -0.3 is 0 Å². The lowest BCUT2D eigenvalue weighted by Gasteiger charge is -2.06. The van der Waals surface area contributed by atoms with Crippen molar-refractivity contribution in [3.05, 3.63) is 29.3 Å². The minimum atomic E-state index is 0.215. The molecule has 1 rings (SSSR count). The lowest BCUT2D eigenvalue weighted by Crippen LogP contribution is -2.03. The number of carbonyl (C=O) groups excluding carboxylic acids is 1. The molecule has 0 fully saturated rings. The molecular formula is C11H12Br2OS. The van der Waals surface area contributed by atoms with E-state index < -0.39 is 0 Å². The predicted molar refractivity (Wildman–Crippen MR) is 73.4 cm³/mol. The zero-order valence-corrected chi connectivity index (χ0v) is 12.4. The number of halogens is 2. The molecule has 0 heterocycles. The molecule has 1 nitrogen and oxygen atoms in total. The Labute approximate surface area is 111 Å². The van der Waals surface area contributed by atoms with Gasteiger partial charge in [-0.2, -0.15) is 0 Å². The average Bonchev–Trinajstić information content (AvgIpc) is 2.28. The van der Waals surface area contributed by atoms with E-state index in [-0.39, 0.29) is 5.78 Å². The molecule has 0 aliphatic heterocycles. The van der Waals surface area contributed by atoms with E-state index in [0.717, 1.165) is 10.9 Å². The predicted octanol–water partition coefficient (Wildman–Crippen LogP) is 3.81. The lowest BCUT2D eigenvalue weighted by atomic mass is 10.1. The minimum Gasteiger partial charge on any atom is -0.298 e. The van der Waals surface area contributed by atoms with Gasteiger partial charge in [0.1, 0.15) is 5.78 Å². The molecule has 0 bridgehead atoms. The summed E-state index contributed by atoms with van der Waals surface area (Å²) in [5, 5.41) is 1.26. The van der Waals surface area contributed by atoms with Gasteiger partial charge in [-0.3, -0.25) is 4.79 Å². The first-order valence-electron chi connectivity index (χ1n) is 4.50. The van der Waals surface area contributed by atoms with E-state index in [9.17, 15) is 4.79 Å². The SMILES string of the molecule is CSc1ccc(CC(=O)CBr)cc1CBr. The first-order valence-corrected chi connectivity index (χ1v) is 7.97. The Morgan fingerprint density at radius 1 is 1.40 bits per heavy atom. The van der Waals surface area contributed by atoms with Crippen molar-refractivity contribution in [2.75, 3.05) is 11.6 Å². The molecule has 0 unspecified atom stereocenters. The highest BCUT2D eigenvalue weighted by Crippen LogP contribution is 2.24. The van der Waals surface area contributed by atoms with Crippen molar-refractivity contribution in [3.8, 4) is 0 Å². The topological polar surface area (TPSA) is 17.1 Å². The van der Waals surface area contributed by atoms with E-state index in [2.05, 4.69) is 50.2 Å². The number of Topliss-reactive ketones (excluding diaryl/α,β-unsaturated/α-hetero) is 1. The van der Waals surface area contributed by atoms with Crippen LogP contribution in [0.25, 0.3) is 0 Å². The molecule has 4 heteroatoms. The Morgan fingerprint density at radius 2 is 2.13 bits per heavy atom. The second-order valence-electron chi connectivity index (χ2n) is 3.13. The molecule has 0 aromatic heterocycles. The van der Waals surface area contributed by atoms with Crippen LogP contribution in [0.3, 0.4) is 0 Å². The van der Waals surface area contributed by atoms with Crippen LogP contribution < -0.4 is 0 Å². The molecule has 0 N–H and O–H groups in total. The Kier molecular flexibility index (Phi) is 5.94. The van der Waals surface area contributed by atoms with E-state index in [0.29, 0.717) is 11.8 Å². The highest BCUT2D eigenvalue weighted by atomic mass is 79.9. The van der Waals surface area contributed by atoms with Crippen LogP contribution >= 0.6 is 43.6 Å². The van der Waals surface area contributed by atoms with Crippen LogP contribution in [-0.4, -0.2) is 17.4 Å². The lowest BCUT2D eigenvalue weighted by molar-refractivity contribution is -0.115. The summed E-state index contributed by atoms with van der Waals surface area (Å²) >= 11 is 8.36. The third-order valence-corrected chi connectivity index (χ3v) is 4.11. The van der Waals surface area contributed by atoms with Gasteiger partial charge in [-0.15, -0.1) is 11.8 Å². The van der Waals surface area contributed by atoms with Gasteiger partial charge >= 0.3 is 0 Å². The smallest absolute Gasteiger partial charge is 0.147 e. The first kappa shape index (κ1) is 13.3. The summed E-state index contributed by atoms with van der Waals surface area (Å²) in [6.07, 6.45) is 2.57. The number of carbonyl (C=O) groups is 1. The van der Waals surface area contributed by atoms with Gasteiger partial charge in [0.2, 0.25) is 0 Å². The monoisotopic (exact) mass is 350 g/mol. The highest BCUT2D eigenvalue weighted by Gasteiger charge is 2.05. The van der Waals surface area contributed by atoms with Gasteiger partial charge in [0.05, 0.1) is 5.33 Å². The maximum Gasteiger partial charge on any atom is 0.147 e. The summed E-state index contributed by atoms with van der Waals surface area (Å²) in [5.74, 6) is 0.215. The third-order valence-electron chi connectivity index (χ3n) is 2.04. The van der Waals surface area contributed by atoms with E-state index in [1.807, 2.05) is 6.07 Å². The second-order valence-corrected chi connectivity index (χ2v) is 5.10. The molecule has 0 saturated carbocycles. The number of ketones is 1. The van der Waals surface area contributed by atoms with Crippen molar-refractivity contribution >= 4 is 49.4 Å². The first-order chi connectivity index (χ1) is 7.21. The second kappa shape index (κ2) is 6.71. The van der Waals surface area contributed by atoms with E-state index in [1.54, 1.807) is 11.8 Å². The van der Waals surface area contributed by atoms with Crippen LogP contribution in [0.2, 0.25) is 0 Å². The molecule has 0 spiro atoms. The maximum absolute atomic E-state index is 11.3. The molecule has 0 atom stereocenters. The fourth-order valence-corrected chi connectivity index (χ4v) is 2.77. The van der Waals surface area contributed by atoms with Gasteiger partial charge in [0.25, 0.3) is 0 Å². The van der Waals surface area contributed by atoms with Crippen molar-refractivity contribution in [2.24, 2.45) is 0 Å². The van der Waals surface area contributed by atoms with E-state index in [4.69, 9.17) is 0 Å². The summed E-state index contributed by atoms with van der Waals surface area (Å²) in [4.78, 5) is 12.5. The van der Waals surface area contributed by atoms with Crippen LogP contribution in [0.1, 0.15) is 11.1 Å². The summed E-state index contributed by atoms with van der Waals surface area (Å²) in [7, 11) is 0. The molecule has 0 aliphatic rings. The summed E-state index contributed by atoms with van der Waals surface area (Å²) < 4.78 is 0. The molecule has 0 saturated heterocycles. The van der Waals surface area contributed by atoms with Crippen LogP contribution in [0.15, 0.2) is 23.1 Å². The van der Waals surface area contributed by atoms with Gasteiger partial charge in [0, 0.05) is 16.6 Å². The fraction of sp³-hybridized carbons (Fsp3) is 0.364. The van der Waals surface area contributed by atoms with Crippen LogP contribution in [0, 0.1) is 0 Å². The van der Waals surface area contributed by atoms with Crippen molar-refractivity contribution in [1.82, 2.24) is 0 Å². The molecule has 15 heavy (non-hydrogen) atoms. The van der Waals surface area contributed by atoms with Crippen molar-refractivity contribution in [2.45, 2.75) is 16.6 Å². The Morgan fingerprint density at radius 3 is 2.67 bits per heavy atom. The number of rotatable bonds is 5. The number of hydrogen-bond acceptors (Lipinski definition) is 2. The minimum absolute atomic E-state index is 0.215. The average molecular weight is 352 g/mol. The van der Waals surface area contributed by atoms with E-state index in [1.165, 1.54) is 10.5 Å². The zero-order chi connectivity index (χ0) is 11.3. The van der Waals surface area contributed by atoms with Gasteiger partial charge in [-0.05, 0) is 23.4 Å². The molecule has 82 valence electrons. The summed E-state index contributed by atoms with van der Waals surface area (Å²) in [6.45, 7) is 0. The highest BCUT2D eigenvalue weighted by molar-refractivity contribution is 9.09. The summed E-state index contributed by atoms with van der Waals surface area (Å²) in [6, 6.07) is 6.21. The molecule has 1 aromatic rings. The van der Waals surface area contributed by atoms with Crippen molar-refractivity contribution < 1.29 is 4.79 Å². The van der Waals surface area contributed by atoms with Gasteiger partial charge in [0.15, 0.2) is 0 Å². The Balaban J connectivity index is 2.88. The third kappa shape index (κ3) is 3.93. The Bertz CT molecular complexity index is 352. The van der Waals surface area contributed by atoms with Crippen molar-refractivity contribution in [3.63, 3.8) is 0 Å². The molecule has 0 amide bonds. The number of benzene rings is 1. The number of alkyl halides is 2. The maximum atomic E-state index is 11.3. The van der Waals surface area contributed by atoms with Crippen LogP contribution in [-0.2, 0) is 16.5 Å². The number of thioether (sulfide) groups is 1. The van der Waals surface area contributed by atoms with E-state index >= 15 is 0 Å². The molecule has 1 aromatic carbocycles. The Hall–Kier alpha value is 0.200. The van der Waals surface area contributed by atoms with Gasteiger partial charge in [-0.1, -0.05) is 44.0 Å². The zero-order valence-electron chi connectivity index (χ0n) is 8.43. The standard InChI is InChI=1S/C11H12Br2OS/c1-15-11-3-2-8(4-9(11)6-12)5-10(14)7-13/h2-4H,5-7H2,1H3. The van der Waals surface area contributed by atoms with Crippen molar-refractivity contribution in [1.29, 1.82) is 0 Å². The molecule has 0 aliphatic carbocycles. The molecular weight excluding hydrogens is 340 g/mol. The quantitative estimate of drug-likeness (QED) is 0.592. The normalized spacial score (nSPS) is 10.3.